The summed E-state index contributed by atoms with van der Waals surface area (Å²) in [5.74, 6) is -0.797. The lowest BCUT2D eigenvalue weighted by atomic mass is 10.2. The monoisotopic (exact) mass is 356 g/mol. The minimum Gasteiger partial charge on any atom is -0.491 e. The number of benzene rings is 2. The summed E-state index contributed by atoms with van der Waals surface area (Å²) >= 11 is 3.03. The Kier molecular flexibility index (Phi) is 5.01. The van der Waals surface area contributed by atoms with Crippen LogP contribution in [0.1, 0.15) is 13.3 Å². The number of nitrogens with one attached hydrogen (secondary N) is 1. The lowest BCUT2D eigenvalue weighted by Crippen LogP contribution is -2.01. The first kappa shape index (κ1) is 15.6. The van der Waals surface area contributed by atoms with Gasteiger partial charge in [0.25, 0.3) is 0 Å². The highest BCUT2D eigenvalue weighted by Gasteiger charge is 2.09. The summed E-state index contributed by atoms with van der Waals surface area (Å²) in [6.07, 6.45) is 0.858. The SMILES string of the molecule is CCCOc1cc(Nc2cc(Br)c(F)cc2F)ccc1N. The molecule has 0 aliphatic rings. The number of anilines is 3. The normalized spacial score (nSPS) is 10.5. The minimum atomic E-state index is -0.677. The molecule has 112 valence electrons. The van der Waals surface area contributed by atoms with E-state index in [2.05, 4.69) is 21.2 Å². The van der Waals surface area contributed by atoms with Gasteiger partial charge in [0.05, 0.1) is 22.5 Å². The maximum absolute atomic E-state index is 13.7. The Morgan fingerprint density at radius 2 is 1.95 bits per heavy atom. The largest absolute Gasteiger partial charge is 0.491 e. The molecule has 21 heavy (non-hydrogen) atoms. The van der Waals surface area contributed by atoms with E-state index in [9.17, 15) is 8.78 Å². The van der Waals surface area contributed by atoms with Crippen LogP contribution in [-0.4, -0.2) is 6.61 Å². The summed E-state index contributed by atoms with van der Waals surface area (Å²) < 4.78 is 32.6. The van der Waals surface area contributed by atoms with Gasteiger partial charge in [0.1, 0.15) is 17.4 Å². The van der Waals surface area contributed by atoms with E-state index in [1.165, 1.54) is 6.07 Å². The molecule has 0 saturated heterocycles. The number of hydrogen-bond donors (Lipinski definition) is 2. The topological polar surface area (TPSA) is 47.3 Å². The van der Waals surface area contributed by atoms with Crippen LogP contribution in [0.4, 0.5) is 25.8 Å². The molecule has 0 atom stereocenters. The van der Waals surface area contributed by atoms with Crippen LogP contribution in [-0.2, 0) is 0 Å². The molecule has 3 nitrogen and oxygen atoms in total. The van der Waals surface area contributed by atoms with E-state index in [0.717, 1.165) is 12.5 Å². The Labute approximate surface area is 130 Å². The average molecular weight is 357 g/mol. The van der Waals surface area contributed by atoms with E-state index in [1.807, 2.05) is 6.92 Å². The Balaban J connectivity index is 2.25. The minimum absolute atomic E-state index is 0.162. The summed E-state index contributed by atoms with van der Waals surface area (Å²) in [6.45, 7) is 2.54. The molecule has 0 radical (unpaired) electrons. The smallest absolute Gasteiger partial charge is 0.149 e. The van der Waals surface area contributed by atoms with Gasteiger partial charge in [0, 0.05) is 17.8 Å². The quantitative estimate of drug-likeness (QED) is 0.595. The van der Waals surface area contributed by atoms with Crippen LogP contribution in [0.25, 0.3) is 0 Å². The molecule has 0 aliphatic heterocycles. The Morgan fingerprint density at radius 3 is 2.67 bits per heavy atom. The van der Waals surface area contributed by atoms with Gasteiger partial charge in [-0.2, -0.15) is 0 Å². The molecular weight excluding hydrogens is 342 g/mol. The van der Waals surface area contributed by atoms with Crippen LogP contribution >= 0.6 is 15.9 Å². The summed E-state index contributed by atoms with van der Waals surface area (Å²) in [5.41, 5.74) is 7.09. The van der Waals surface area contributed by atoms with Gasteiger partial charge < -0.3 is 15.8 Å². The Hall–Kier alpha value is -1.82. The van der Waals surface area contributed by atoms with Gasteiger partial charge in [-0.05, 0) is 40.5 Å². The van der Waals surface area contributed by atoms with Crippen molar-refractivity contribution < 1.29 is 13.5 Å². The second-order valence-electron chi connectivity index (χ2n) is 4.47. The van der Waals surface area contributed by atoms with Crippen molar-refractivity contribution in [3.63, 3.8) is 0 Å². The number of nitrogen functional groups attached to an aromatic ring is 1. The second-order valence-corrected chi connectivity index (χ2v) is 5.33. The van der Waals surface area contributed by atoms with Crippen LogP contribution in [0.5, 0.6) is 5.75 Å². The van der Waals surface area contributed by atoms with Gasteiger partial charge in [-0.3, -0.25) is 0 Å². The Morgan fingerprint density at radius 1 is 1.19 bits per heavy atom. The zero-order valence-electron chi connectivity index (χ0n) is 11.4. The zero-order chi connectivity index (χ0) is 15.4. The predicted octanol–water partition coefficient (Wildman–Crippen LogP) is 4.84. The number of ether oxygens (including phenoxy) is 1. The highest BCUT2D eigenvalue weighted by molar-refractivity contribution is 9.10. The maximum Gasteiger partial charge on any atom is 0.149 e. The summed E-state index contributed by atoms with van der Waals surface area (Å²) in [7, 11) is 0. The highest BCUT2D eigenvalue weighted by atomic mass is 79.9. The molecule has 6 heteroatoms. The van der Waals surface area contributed by atoms with Crippen molar-refractivity contribution in [1.82, 2.24) is 0 Å². The molecule has 2 aromatic carbocycles. The van der Waals surface area contributed by atoms with Gasteiger partial charge in [-0.15, -0.1) is 0 Å². The molecule has 0 unspecified atom stereocenters. The van der Waals surface area contributed by atoms with Crippen LogP contribution in [0.15, 0.2) is 34.8 Å². The van der Waals surface area contributed by atoms with Crippen molar-refractivity contribution in [3.8, 4) is 5.75 Å². The summed E-state index contributed by atoms with van der Waals surface area (Å²) in [6, 6.07) is 7.21. The second kappa shape index (κ2) is 6.76. The van der Waals surface area contributed by atoms with Crippen molar-refractivity contribution in [2.45, 2.75) is 13.3 Å². The lowest BCUT2D eigenvalue weighted by molar-refractivity contribution is 0.319. The average Bonchev–Trinajstić information content (AvgIpc) is 2.45. The lowest BCUT2D eigenvalue weighted by Gasteiger charge is -2.12. The number of hydrogen-bond acceptors (Lipinski definition) is 3. The third-order valence-electron chi connectivity index (χ3n) is 2.76. The molecule has 0 amide bonds. The van der Waals surface area contributed by atoms with E-state index in [4.69, 9.17) is 10.5 Å². The van der Waals surface area contributed by atoms with Crippen molar-refractivity contribution in [3.05, 3.63) is 46.4 Å². The van der Waals surface area contributed by atoms with E-state index in [1.54, 1.807) is 18.2 Å². The highest BCUT2D eigenvalue weighted by Crippen LogP contribution is 2.30. The molecule has 0 heterocycles. The summed E-state index contributed by atoms with van der Waals surface area (Å²) in [5, 5.41) is 2.88. The standard InChI is InChI=1S/C15H15BrF2N2O/c1-2-5-21-15-6-9(3-4-13(15)19)20-14-7-10(16)11(17)8-12(14)18/h3-4,6-8,20H,2,5,19H2,1H3. The van der Waals surface area contributed by atoms with E-state index >= 15 is 0 Å². The van der Waals surface area contributed by atoms with Crippen molar-refractivity contribution in [2.75, 3.05) is 17.7 Å². The number of halogens is 3. The van der Waals surface area contributed by atoms with Crippen molar-refractivity contribution >= 4 is 33.0 Å². The van der Waals surface area contributed by atoms with Crippen LogP contribution < -0.4 is 15.8 Å². The fraction of sp³-hybridized carbons (Fsp3) is 0.200. The molecule has 0 saturated carbocycles. The number of nitrogens with two attached hydrogens (primary N) is 1. The van der Waals surface area contributed by atoms with Crippen LogP contribution in [0.3, 0.4) is 0 Å². The third kappa shape index (κ3) is 3.85. The predicted molar refractivity (Wildman–Crippen MR) is 84.0 cm³/mol. The molecule has 2 rings (SSSR count). The number of rotatable bonds is 5. The molecule has 0 spiro atoms. The van der Waals surface area contributed by atoms with Gasteiger partial charge >= 0.3 is 0 Å². The first-order valence-corrected chi connectivity index (χ1v) is 7.24. The van der Waals surface area contributed by atoms with Crippen LogP contribution in [0, 0.1) is 11.6 Å². The third-order valence-corrected chi connectivity index (χ3v) is 3.37. The zero-order valence-corrected chi connectivity index (χ0v) is 13.0. The Bertz CT molecular complexity index is 650. The molecular formula is C15H15BrF2N2O. The van der Waals surface area contributed by atoms with Gasteiger partial charge in [-0.25, -0.2) is 8.78 Å². The van der Waals surface area contributed by atoms with E-state index in [0.29, 0.717) is 23.7 Å². The van der Waals surface area contributed by atoms with Gasteiger partial charge in [0.2, 0.25) is 0 Å². The maximum atomic E-state index is 13.7. The summed E-state index contributed by atoms with van der Waals surface area (Å²) in [4.78, 5) is 0. The van der Waals surface area contributed by atoms with Gasteiger partial charge in [0.15, 0.2) is 0 Å². The molecule has 2 aromatic rings. The molecule has 0 bridgehead atoms. The fourth-order valence-electron chi connectivity index (χ4n) is 1.72. The van der Waals surface area contributed by atoms with Crippen molar-refractivity contribution in [2.24, 2.45) is 0 Å². The van der Waals surface area contributed by atoms with Gasteiger partial charge in [-0.1, -0.05) is 6.92 Å². The fourth-order valence-corrected chi connectivity index (χ4v) is 2.07. The molecule has 0 aliphatic carbocycles. The molecule has 0 aromatic heterocycles. The molecule has 3 N–H and O–H groups in total. The first-order valence-electron chi connectivity index (χ1n) is 6.45. The van der Waals surface area contributed by atoms with E-state index in [-0.39, 0.29) is 10.2 Å². The first-order chi connectivity index (χ1) is 10.0. The van der Waals surface area contributed by atoms with Crippen molar-refractivity contribution in [1.29, 1.82) is 0 Å². The van der Waals surface area contributed by atoms with Crippen LogP contribution in [0.2, 0.25) is 0 Å². The van der Waals surface area contributed by atoms with E-state index < -0.39 is 11.6 Å². The molecule has 0 fully saturated rings.